The van der Waals surface area contributed by atoms with Crippen molar-refractivity contribution in [3.05, 3.63) is 55.9 Å². The van der Waals surface area contributed by atoms with Crippen LogP contribution in [0.15, 0.2) is 45.6 Å². The molecule has 0 atom stereocenters. The van der Waals surface area contributed by atoms with Crippen molar-refractivity contribution in [2.75, 3.05) is 12.0 Å². The zero-order chi connectivity index (χ0) is 17.8. The Labute approximate surface area is 166 Å². The molecule has 0 amide bonds. The molecule has 3 aromatic rings. The van der Waals surface area contributed by atoms with E-state index in [0.717, 1.165) is 25.8 Å². The first kappa shape index (κ1) is 18.1. The van der Waals surface area contributed by atoms with Crippen LogP contribution in [0.5, 0.6) is 5.75 Å². The van der Waals surface area contributed by atoms with Crippen LogP contribution in [-0.4, -0.2) is 26.5 Å². The monoisotopic (exact) mass is 483 g/mol. The molecule has 2 heterocycles. The molecule has 2 N–H and O–H groups in total. The Bertz CT molecular complexity index is 926. The second kappa shape index (κ2) is 8.11. The molecule has 0 radical (unpaired) electrons. The van der Waals surface area contributed by atoms with Gasteiger partial charge >= 0.3 is 0 Å². The van der Waals surface area contributed by atoms with Gasteiger partial charge in [0.1, 0.15) is 5.75 Å². The molecule has 0 fully saturated rings. The first-order chi connectivity index (χ1) is 12.1. The van der Waals surface area contributed by atoms with Crippen LogP contribution in [0.25, 0.3) is 11.4 Å². The van der Waals surface area contributed by atoms with E-state index < -0.39 is 0 Å². The summed E-state index contributed by atoms with van der Waals surface area (Å²) in [5.41, 5.74) is 5.21. The van der Waals surface area contributed by atoms with Crippen molar-refractivity contribution in [2.24, 2.45) is 0 Å². The zero-order valence-corrected chi connectivity index (χ0v) is 17.3. The molecule has 3 rings (SSSR count). The van der Waals surface area contributed by atoms with Crippen molar-refractivity contribution in [3.8, 4) is 17.1 Å². The highest BCUT2D eigenvalue weighted by Crippen LogP contribution is 2.33. The first-order valence-corrected chi connectivity index (χ1v) is 9.52. The molecule has 1 aromatic carbocycles. The third kappa shape index (κ3) is 4.10. The third-order valence-corrected chi connectivity index (χ3v) is 4.73. The lowest BCUT2D eigenvalue weighted by Crippen LogP contribution is -2.16. The van der Waals surface area contributed by atoms with Crippen molar-refractivity contribution < 1.29 is 4.74 Å². The quantitative estimate of drug-likeness (QED) is 0.497. The van der Waals surface area contributed by atoms with E-state index in [1.54, 1.807) is 17.1 Å². The molecule has 2 aromatic heterocycles. The normalized spacial score (nSPS) is 10.7. The van der Waals surface area contributed by atoms with E-state index in [1.165, 1.54) is 0 Å². The number of halogens is 2. The van der Waals surface area contributed by atoms with Gasteiger partial charge in [0.05, 0.1) is 17.6 Å². The van der Waals surface area contributed by atoms with Gasteiger partial charge < -0.3 is 10.2 Å². The number of hydrogen-bond donors (Lipinski definition) is 2. The number of nitrogens with zero attached hydrogens (tertiary/aromatic N) is 3. The fourth-order valence-corrected chi connectivity index (χ4v) is 3.98. The van der Waals surface area contributed by atoms with Crippen LogP contribution in [0.3, 0.4) is 0 Å². The minimum atomic E-state index is 0.485. The second-order valence-corrected chi connectivity index (χ2v) is 7.22. The Morgan fingerprint density at radius 3 is 2.76 bits per heavy atom. The van der Waals surface area contributed by atoms with E-state index in [9.17, 15) is 0 Å². The van der Waals surface area contributed by atoms with Crippen LogP contribution >= 0.6 is 44.1 Å². The zero-order valence-electron chi connectivity index (χ0n) is 13.3. The van der Waals surface area contributed by atoms with Crippen LogP contribution in [0.1, 0.15) is 12.5 Å². The number of pyridine rings is 1. The summed E-state index contributed by atoms with van der Waals surface area (Å²) in [4.78, 5) is 4.03. The minimum Gasteiger partial charge on any atom is -0.492 e. The van der Waals surface area contributed by atoms with Crippen molar-refractivity contribution in [1.82, 2.24) is 19.9 Å². The summed E-state index contributed by atoms with van der Waals surface area (Å²) in [6.45, 7) is 3.05. The van der Waals surface area contributed by atoms with Crippen LogP contribution in [-0.2, 0) is 6.54 Å². The van der Waals surface area contributed by atoms with Gasteiger partial charge in [0.25, 0.3) is 0 Å². The van der Waals surface area contributed by atoms with Crippen molar-refractivity contribution >= 4 is 44.1 Å². The smallest absolute Gasteiger partial charge is 0.214 e. The van der Waals surface area contributed by atoms with Gasteiger partial charge in [-0.05, 0) is 59.3 Å². The number of rotatable bonds is 6. The SMILES string of the molecule is CCOc1c(Br)cc(Br)cc1CNn1c(-c2ccncc2)n[nH]c1=S. The Morgan fingerprint density at radius 1 is 1.28 bits per heavy atom. The molecule has 0 saturated carbocycles. The van der Waals surface area contributed by atoms with Gasteiger partial charge in [-0.1, -0.05) is 15.9 Å². The average molecular weight is 485 g/mol. The summed E-state index contributed by atoms with van der Waals surface area (Å²) in [6, 6.07) is 7.73. The van der Waals surface area contributed by atoms with Crippen molar-refractivity contribution in [1.29, 1.82) is 0 Å². The van der Waals surface area contributed by atoms with E-state index in [4.69, 9.17) is 17.0 Å². The maximum atomic E-state index is 5.76. The van der Waals surface area contributed by atoms with Gasteiger partial charge in [-0.25, -0.2) is 9.77 Å². The molecule has 0 bridgehead atoms. The predicted octanol–water partition coefficient (Wildman–Crippen LogP) is 4.67. The standard InChI is InChI=1S/C16H15Br2N5OS/c1-2-24-14-11(7-12(17)8-13(14)18)9-20-23-15(21-22-16(23)25)10-3-5-19-6-4-10/h3-8,20H,2,9H2,1H3,(H,22,25). The molecule has 9 heteroatoms. The topological polar surface area (TPSA) is 67.8 Å². The second-order valence-electron chi connectivity index (χ2n) is 5.07. The number of aromatic amines is 1. The number of benzene rings is 1. The highest BCUT2D eigenvalue weighted by molar-refractivity contribution is 9.11. The van der Waals surface area contributed by atoms with Gasteiger partial charge in [0.2, 0.25) is 4.77 Å². The molecule has 0 aliphatic rings. The highest BCUT2D eigenvalue weighted by Gasteiger charge is 2.12. The summed E-state index contributed by atoms with van der Waals surface area (Å²) >= 11 is 12.4. The highest BCUT2D eigenvalue weighted by atomic mass is 79.9. The number of H-pyrrole nitrogens is 1. The molecule has 0 aliphatic heterocycles. The van der Waals surface area contributed by atoms with Gasteiger partial charge in [-0.3, -0.25) is 4.98 Å². The van der Waals surface area contributed by atoms with Crippen LogP contribution in [0, 0.1) is 4.77 Å². The summed E-state index contributed by atoms with van der Waals surface area (Å²) in [5.74, 6) is 1.50. The maximum Gasteiger partial charge on any atom is 0.214 e. The van der Waals surface area contributed by atoms with Crippen molar-refractivity contribution in [3.63, 3.8) is 0 Å². The Morgan fingerprint density at radius 2 is 2.04 bits per heavy atom. The molecule has 0 saturated heterocycles. The lowest BCUT2D eigenvalue weighted by Gasteiger charge is -2.15. The Hall–Kier alpha value is -1.71. The van der Waals surface area contributed by atoms with E-state index in [2.05, 4.69) is 52.5 Å². The Balaban J connectivity index is 1.91. The summed E-state index contributed by atoms with van der Waals surface area (Å²) in [5, 5.41) is 7.12. The third-order valence-electron chi connectivity index (χ3n) is 3.41. The molecule has 130 valence electrons. The van der Waals surface area contributed by atoms with Gasteiger partial charge in [-0.15, -0.1) is 0 Å². The molecule has 0 spiro atoms. The maximum absolute atomic E-state index is 5.76. The van der Waals surface area contributed by atoms with Crippen LogP contribution in [0.4, 0.5) is 0 Å². The minimum absolute atomic E-state index is 0.485. The van der Waals surface area contributed by atoms with Gasteiger partial charge in [0.15, 0.2) is 5.82 Å². The number of nitrogens with one attached hydrogen (secondary N) is 2. The van der Waals surface area contributed by atoms with Gasteiger partial charge in [0, 0.05) is 28.0 Å². The Kier molecular flexibility index (Phi) is 5.87. The van der Waals surface area contributed by atoms with Gasteiger partial charge in [-0.2, -0.15) is 5.10 Å². The largest absolute Gasteiger partial charge is 0.492 e. The molecule has 0 unspecified atom stereocenters. The lowest BCUT2D eigenvalue weighted by molar-refractivity contribution is 0.334. The number of hydrogen-bond acceptors (Lipinski definition) is 5. The summed E-state index contributed by atoms with van der Waals surface area (Å²) < 4.78 is 9.85. The fourth-order valence-electron chi connectivity index (χ4n) is 2.35. The molecule has 6 nitrogen and oxygen atoms in total. The molecule has 0 aliphatic carbocycles. The fraction of sp³-hybridized carbons (Fsp3) is 0.188. The first-order valence-electron chi connectivity index (χ1n) is 7.52. The molecular weight excluding hydrogens is 470 g/mol. The summed E-state index contributed by atoms with van der Waals surface area (Å²) in [7, 11) is 0. The molecular formula is C16H15Br2N5OS. The van der Waals surface area contributed by atoms with Crippen LogP contribution in [0.2, 0.25) is 0 Å². The van der Waals surface area contributed by atoms with Crippen molar-refractivity contribution in [2.45, 2.75) is 13.5 Å². The van der Waals surface area contributed by atoms with E-state index in [0.29, 0.717) is 23.7 Å². The van der Waals surface area contributed by atoms with E-state index >= 15 is 0 Å². The molecule has 25 heavy (non-hydrogen) atoms. The number of ether oxygens (including phenoxy) is 1. The van der Waals surface area contributed by atoms with Crippen LogP contribution < -0.4 is 10.2 Å². The average Bonchev–Trinajstić information content (AvgIpc) is 2.97. The number of aromatic nitrogens is 4. The van der Waals surface area contributed by atoms with E-state index in [-0.39, 0.29) is 0 Å². The lowest BCUT2D eigenvalue weighted by atomic mass is 10.2. The predicted molar refractivity (Wildman–Crippen MR) is 107 cm³/mol. The van der Waals surface area contributed by atoms with E-state index in [1.807, 2.05) is 31.2 Å². The summed E-state index contributed by atoms with van der Waals surface area (Å²) in [6.07, 6.45) is 3.44.